The zero-order valence-electron chi connectivity index (χ0n) is 15.3. The number of hydrazone groups is 1. The first-order valence-corrected chi connectivity index (χ1v) is 8.50. The van der Waals surface area contributed by atoms with Crippen LogP contribution in [0.15, 0.2) is 47.6 Å². The van der Waals surface area contributed by atoms with Crippen LogP contribution in [0.2, 0.25) is 0 Å². The molecule has 26 heavy (non-hydrogen) atoms. The number of methoxy groups -OCH3 is 1. The van der Waals surface area contributed by atoms with Gasteiger partial charge in [0, 0.05) is 0 Å². The minimum Gasteiger partial charge on any atom is -0.493 e. The third-order valence-corrected chi connectivity index (χ3v) is 3.57. The molecular weight excluding hydrogens is 332 g/mol. The number of nitrogens with zero attached hydrogens (tertiary/aromatic N) is 1. The highest BCUT2D eigenvalue weighted by Gasteiger charge is 2.05. The van der Waals surface area contributed by atoms with Gasteiger partial charge in [-0.05, 0) is 54.8 Å². The zero-order valence-corrected chi connectivity index (χ0v) is 15.3. The molecule has 0 aromatic heterocycles. The summed E-state index contributed by atoms with van der Waals surface area (Å²) >= 11 is 0. The van der Waals surface area contributed by atoms with Crippen molar-refractivity contribution in [3.05, 3.63) is 53.6 Å². The first-order valence-electron chi connectivity index (χ1n) is 8.50. The van der Waals surface area contributed by atoms with E-state index < -0.39 is 0 Å². The van der Waals surface area contributed by atoms with Gasteiger partial charge in [-0.2, -0.15) is 5.10 Å². The lowest BCUT2D eigenvalue weighted by molar-refractivity contribution is -0.123. The lowest BCUT2D eigenvalue weighted by Crippen LogP contribution is -2.24. The Morgan fingerprint density at radius 2 is 1.96 bits per heavy atom. The molecule has 2 aromatic carbocycles. The topological polar surface area (TPSA) is 69.2 Å². The summed E-state index contributed by atoms with van der Waals surface area (Å²) in [6.45, 7) is 4.43. The van der Waals surface area contributed by atoms with Gasteiger partial charge in [-0.15, -0.1) is 0 Å². The van der Waals surface area contributed by atoms with Gasteiger partial charge in [0.2, 0.25) is 0 Å². The number of carbonyl (C=O) groups excluding carboxylic acids is 1. The molecule has 0 saturated carbocycles. The van der Waals surface area contributed by atoms with Crippen molar-refractivity contribution in [2.75, 3.05) is 20.3 Å². The zero-order chi connectivity index (χ0) is 18.8. The summed E-state index contributed by atoms with van der Waals surface area (Å²) < 4.78 is 16.2. The fourth-order valence-electron chi connectivity index (χ4n) is 2.25. The Morgan fingerprint density at radius 1 is 1.12 bits per heavy atom. The molecule has 0 saturated heterocycles. The Hall–Kier alpha value is -3.02. The van der Waals surface area contributed by atoms with Crippen molar-refractivity contribution >= 4 is 12.1 Å². The van der Waals surface area contributed by atoms with E-state index in [1.807, 2.05) is 37.3 Å². The van der Waals surface area contributed by atoms with Gasteiger partial charge in [-0.3, -0.25) is 4.79 Å². The van der Waals surface area contributed by atoms with Gasteiger partial charge in [-0.25, -0.2) is 5.43 Å². The van der Waals surface area contributed by atoms with Crippen molar-refractivity contribution in [3.8, 4) is 17.2 Å². The summed E-state index contributed by atoms with van der Waals surface area (Å²) in [7, 11) is 1.57. The summed E-state index contributed by atoms with van der Waals surface area (Å²) in [6, 6.07) is 13.1. The first kappa shape index (κ1) is 19.3. The number of rotatable bonds is 9. The molecule has 0 radical (unpaired) electrons. The van der Waals surface area contributed by atoms with Gasteiger partial charge in [0.05, 0.1) is 19.9 Å². The van der Waals surface area contributed by atoms with Gasteiger partial charge >= 0.3 is 0 Å². The molecule has 0 heterocycles. The van der Waals surface area contributed by atoms with Crippen molar-refractivity contribution in [1.29, 1.82) is 0 Å². The second kappa shape index (κ2) is 10.1. The SMILES string of the molecule is CCOc1ccc(/C=N/NC(=O)COc2cccc(CC)c2)cc1OC. The maximum absolute atomic E-state index is 11.8. The van der Waals surface area contributed by atoms with E-state index in [-0.39, 0.29) is 12.5 Å². The molecule has 0 atom stereocenters. The molecule has 1 N–H and O–H groups in total. The minimum absolute atomic E-state index is 0.100. The largest absolute Gasteiger partial charge is 0.493 e. The Bertz CT molecular complexity index is 759. The van der Waals surface area contributed by atoms with Gasteiger partial charge in [-0.1, -0.05) is 19.1 Å². The third-order valence-electron chi connectivity index (χ3n) is 3.57. The van der Waals surface area contributed by atoms with Gasteiger partial charge in [0.15, 0.2) is 18.1 Å². The molecule has 0 aliphatic rings. The number of ether oxygens (including phenoxy) is 3. The quantitative estimate of drug-likeness (QED) is 0.553. The molecule has 6 heteroatoms. The number of amides is 1. The number of aryl methyl sites for hydroxylation is 1. The highest BCUT2D eigenvalue weighted by atomic mass is 16.5. The normalized spacial score (nSPS) is 10.6. The van der Waals surface area contributed by atoms with Crippen LogP contribution < -0.4 is 19.6 Å². The van der Waals surface area contributed by atoms with E-state index in [2.05, 4.69) is 17.5 Å². The van der Waals surface area contributed by atoms with Crippen molar-refractivity contribution in [2.24, 2.45) is 5.10 Å². The van der Waals surface area contributed by atoms with Crippen molar-refractivity contribution in [2.45, 2.75) is 20.3 Å². The van der Waals surface area contributed by atoms with Crippen molar-refractivity contribution in [3.63, 3.8) is 0 Å². The molecule has 2 aromatic rings. The van der Waals surface area contributed by atoms with Gasteiger partial charge in [0.1, 0.15) is 5.75 Å². The maximum Gasteiger partial charge on any atom is 0.277 e. The molecule has 1 amide bonds. The smallest absolute Gasteiger partial charge is 0.277 e. The van der Waals surface area contributed by atoms with Crippen LogP contribution in [0.4, 0.5) is 0 Å². The predicted molar refractivity (Wildman–Crippen MR) is 101 cm³/mol. The van der Waals surface area contributed by atoms with E-state index in [4.69, 9.17) is 14.2 Å². The molecule has 0 aliphatic carbocycles. The van der Waals surface area contributed by atoms with Crippen LogP contribution in [0.5, 0.6) is 17.2 Å². The van der Waals surface area contributed by atoms with Gasteiger partial charge in [0.25, 0.3) is 5.91 Å². The summed E-state index contributed by atoms with van der Waals surface area (Å²) in [5.74, 6) is 1.61. The maximum atomic E-state index is 11.8. The van der Waals surface area contributed by atoms with Crippen LogP contribution in [0.25, 0.3) is 0 Å². The summed E-state index contributed by atoms with van der Waals surface area (Å²) in [5, 5.41) is 3.94. The van der Waals surface area contributed by atoms with Crippen LogP contribution in [0.3, 0.4) is 0 Å². The second-order valence-electron chi connectivity index (χ2n) is 5.43. The lowest BCUT2D eigenvalue weighted by atomic mass is 10.2. The van der Waals surface area contributed by atoms with E-state index in [1.54, 1.807) is 19.2 Å². The minimum atomic E-state index is -0.332. The average molecular weight is 356 g/mol. The van der Waals surface area contributed by atoms with Gasteiger partial charge < -0.3 is 14.2 Å². The van der Waals surface area contributed by atoms with E-state index in [9.17, 15) is 4.79 Å². The third kappa shape index (κ3) is 5.81. The van der Waals surface area contributed by atoms with Crippen LogP contribution in [-0.2, 0) is 11.2 Å². The summed E-state index contributed by atoms with van der Waals surface area (Å²) in [6.07, 6.45) is 2.45. The fraction of sp³-hybridized carbons (Fsp3) is 0.300. The predicted octanol–water partition coefficient (Wildman–Crippen LogP) is 3.19. The Labute approximate surface area is 153 Å². The highest BCUT2D eigenvalue weighted by Crippen LogP contribution is 2.27. The highest BCUT2D eigenvalue weighted by molar-refractivity contribution is 5.83. The van der Waals surface area contributed by atoms with Crippen LogP contribution in [-0.4, -0.2) is 32.4 Å². The molecule has 6 nitrogen and oxygen atoms in total. The standard InChI is InChI=1S/C20H24N2O4/c1-4-15-7-6-8-17(11-15)26-14-20(23)22-21-13-16-9-10-18(25-5-2)19(12-16)24-3/h6-13H,4-5,14H2,1-3H3,(H,22,23)/b21-13+. The van der Waals surface area contributed by atoms with Crippen LogP contribution in [0.1, 0.15) is 25.0 Å². The number of hydrogen-bond donors (Lipinski definition) is 1. The molecule has 0 unspecified atom stereocenters. The summed E-state index contributed by atoms with van der Waals surface area (Å²) in [5.41, 5.74) is 4.38. The van der Waals surface area contributed by atoms with Crippen LogP contribution >= 0.6 is 0 Å². The number of nitrogens with one attached hydrogen (secondary N) is 1. The molecular formula is C20H24N2O4. The second-order valence-corrected chi connectivity index (χ2v) is 5.43. The average Bonchev–Trinajstić information content (AvgIpc) is 2.67. The van der Waals surface area contributed by atoms with E-state index in [0.717, 1.165) is 17.5 Å². The molecule has 0 bridgehead atoms. The first-order chi connectivity index (χ1) is 12.7. The summed E-state index contributed by atoms with van der Waals surface area (Å²) in [4.78, 5) is 11.8. The van der Waals surface area contributed by atoms with Crippen LogP contribution in [0, 0.1) is 0 Å². The van der Waals surface area contributed by atoms with Crippen molar-refractivity contribution in [1.82, 2.24) is 5.43 Å². The molecule has 0 fully saturated rings. The monoisotopic (exact) mass is 356 g/mol. The lowest BCUT2D eigenvalue weighted by Gasteiger charge is -2.09. The molecule has 2 rings (SSSR count). The fourth-order valence-corrected chi connectivity index (χ4v) is 2.25. The molecule has 138 valence electrons. The Balaban J connectivity index is 1.86. The van der Waals surface area contributed by atoms with E-state index >= 15 is 0 Å². The molecule has 0 aliphatic heterocycles. The number of benzene rings is 2. The van der Waals surface area contributed by atoms with Crippen molar-refractivity contribution < 1.29 is 19.0 Å². The number of carbonyl (C=O) groups is 1. The Morgan fingerprint density at radius 3 is 2.69 bits per heavy atom. The number of hydrogen-bond acceptors (Lipinski definition) is 5. The Kier molecular flexibility index (Phi) is 7.49. The van der Waals surface area contributed by atoms with E-state index in [1.165, 1.54) is 6.21 Å². The molecule has 0 spiro atoms. The van der Waals surface area contributed by atoms with E-state index in [0.29, 0.717) is 23.9 Å².